The van der Waals surface area contributed by atoms with E-state index in [1.165, 1.54) is 19.3 Å². The van der Waals surface area contributed by atoms with Gasteiger partial charge in [-0.05, 0) is 43.5 Å². The first kappa shape index (κ1) is 18.3. The van der Waals surface area contributed by atoms with E-state index >= 15 is 0 Å². The average molecular weight is 368 g/mol. The van der Waals surface area contributed by atoms with Crippen LogP contribution >= 0.6 is 0 Å². The van der Waals surface area contributed by atoms with E-state index in [1.54, 1.807) is 12.1 Å². The van der Waals surface area contributed by atoms with Crippen molar-refractivity contribution < 1.29 is 9.53 Å². The lowest BCUT2D eigenvalue weighted by Crippen LogP contribution is -2.46. The summed E-state index contributed by atoms with van der Waals surface area (Å²) in [4.78, 5) is 17.6. The van der Waals surface area contributed by atoms with E-state index in [9.17, 15) is 4.79 Å². The fraction of sp³-hybridized carbons (Fsp3) is 0.619. The van der Waals surface area contributed by atoms with Crippen LogP contribution in [0, 0.1) is 11.3 Å². The van der Waals surface area contributed by atoms with Crippen LogP contribution in [0.2, 0.25) is 0 Å². The second-order valence-corrected chi connectivity index (χ2v) is 7.87. The lowest BCUT2D eigenvalue weighted by Gasteiger charge is -2.36. The summed E-state index contributed by atoms with van der Waals surface area (Å²) in [6.45, 7) is 4.51. The van der Waals surface area contributed by atoms with Crippen LogP contribution < -0.4 is 10.1 Å². The van der Waals surface area contributed by atoms with Crippen molar-refractivity contribution in [3.63, 3.8) is 0 Å². The molecule has 3 aliphatic rings. The van der Waals surface area contributed by atoms with E-state index in [-0.39, 0.29) is 18.1 Å². The maximum atomic E-state index is 12.9. The normalized spacial score (nSPS) is 26.9. The van der Waals surface area contributed by atoms with Crippen LogP contribution in [0.5, 0.6) is 5.75 Å². The van der Waals surface area contributed by atoms with Crippen LogP contribution in [0.25, 0.3) is 0 Å². The largest absolute Gasteiger partial charge is 0.489 e. The van der Waals surface area contributed by atoms with E-state index in [1.807, 2.05) is 17.0 Å². The molecule has 0 spiro atoms. The molecule has 27 heavy (non-hydrogen) atoms. The molecule has 1 aliphatic carbocycles. The Labute approximate surface area is 161 Å². The minimum atomic E-state index is -0.149. The zero-order valence-corrected chi connectivity index (χ0v) is 15.8. The zero-order chi connectivity index (χ0) is 18.6. The van der Waals surface area contributed by atoms with Crippen LogP contribution in [0.4, 0.5) is 0 Å². The van der Waals surface area contributed by atoms with Crippen molar-refractivity contribution in [1.82, 2.24) is 15.1 Å². The number of ether oxygens (including phenoxy) is 1. The third-order valence-electron chi connectivity index (χ3n) is 6.11. The molecule has 1 N–H and O–H groups in total. The fourth-order valence-corrected chi connectivity index (χ4v) is 4.28. The molecule has 3 fully saturated rings. The van der Waals surface area contributed by atoms with Crippen molar-refractivity contribution in [2.75, 3.05) is 32.7 Å². The quantitative estimate of drug-likeness (QED) is 0.877. The summed E-state index contributed by atoms with van der Waals surface area (Å²) >= 11 is 0. The smallest absolute Gasteiger partial charge is 0.239 e. The van der Waals surface area contributed by atoms with Crippen molar-refractivity contribution in [1.29, 1.82) is 5.26 Å². The number of hydrogen-bond donors (Lipinski definition) is 1. The third-order valence-corrected chi connectivity index (χ3v) is 6.11. The molecular formula is C21H28N4O2. The highest BCUT2D eigenvalue weighted by Crippen LogP contribution is 2.26. The molecule has 144 valence electrons. The minimum Gasteiger partial charge on any atom is -0.489 e. The molecule has 2 atom stereocenters. The molecule has 2 saturated heterocycles. The molecular weight excluding hydrogens is 340 g/mol. The lowest BCUT2D eigenvalue weighted by molar-refractivity contribution is -0.133. The van der Waals surface area contributed by atoms with Gasteiger partial charge in [0.2, 0.25) is 5.91 Å². The van der Waals surface area contributed by atoms with Crippen LogP contribution in [0.1, 0.15) is 37.7 Å². The van der Waals surface area contributed by atoms with Crippen molar-refractivity contribution in [2.24, 2.45) is 0 Å². The Balaban J connectivity index is 1.27. The predicted molar refractivity (Wildman–Crippen MR) is 102 cm³/mol. The number of carbonyl (C=O) groups is 1. The van der Waals surface area contributed by atoms with Gasteiger partial charge >= 0.3 is 0 Å². The van der Waals surface area contributed by atoms with Gasteiger partial charge in [-0.3, -0.25) is 9.69 Å². The van der Waals surface area contributed by atoms with Crippen LogP contribution in [-0.4, -0.2) is 66.6 Å². The van der Waals surface area contributed by atoms with Crippen LogP contribution in [-0.2, 0) is 4.79 Å². The van der Waals surface area contributed by atoms with Crippen molar-refractivity contribution in [3.05, 3.63) is 29.8 Å². The van der Waals surface area contributed by atoms with Crippen molar-refractivity contribution in [2.45, 2.75) is 50.3 Å². The monoisotopic (exact) mass is 368 g/mol. The highest BCUT2D eigenvalue weighted by molar-refractivity contribution is 5.82. The van der Waals surface area contributed by atoms with E-state index in [0.29, 0.717) is 18.5 Å². The topological polar surface area (TPSA) is 68.6 Å². The van der Waals surface area contributed by atoms with Gasteiger partial charge in [0.25, 0.3) is 0 Å². The molecule has 0 bridgehead atoms. The molecule has 6 nitrogen and oxygen atoms in total. The van der Waals surface area contributed by atoms with Gasteiger partial charge in [-0.2, -0.15) is 5.26 Å². The number of benzene rings is 1. The molecule has 1 aromatic rings. The van der Waals surface area contributed by atoms with Gasteiger partial charge < -0.3 is 15.0 Å². The number of carbonyl (C=O) groups excluding carboxylic acids is 1. The van der Waals surface area contributed by atoms with E-state index in [2.05, 4.69) is 16.3 Å². The summed E-state index contributed by atoms with van der Waals surface area (Å²) < 4.78 is 5.99. The van der Waals surface area contributed by atoms with Gasteiger partial charge in [0.15, 0.2) is 0 Å². The van der Waals surface area contributed by atoms with E-state index < -0.39 is 0 Å². The van der Waals surface area contributed by atoms with Gasteiger partial charge in [-0.15, -0.1) is 0 Å². The summed E-state index contributed by atoms with van der Waals surface area (Å²) in [6.07, 6.45) is 5.77. The first-order valence-electron chi connectivity index (χ1n) is 10.2. The zero-order valence-electron chi connectivity index (χ0n) is 15.8. The Bertz CT molecular complexity index is 695. The molecule has 0 radical (unpaired) electrons. The van der Waals surface area contributed by atoms with Gasteiger partial charge in [-0.25, -0.2) is 0 Å². The first-order valence-corrected chi connectivity index (χ1v) is 10.2. The van der Waals surface area contributed by atoms with E-state index in [0.717, 1.165) is 44.4 Å². The molecule has 2 aliphatic heterocycles. The highest BCUT2D eigenvalue weighted by Gasteiger charge is 2.35. The second kappa shape index (κ2) is 8.28. The average Bonchev–Trinajstić information content (AvgIpc) is 2.98. The number of nitrogens with one attached hydrogen (secondary N) is 1. The minimum absolute atomic E-state index is 0.00895. The number of amides is 1. The molecule has 0 aromatic heterocycles. The molecule has 4 rings (SSSR count). The SMILES string of the molecule is N#Cc1ccc(O[C@H]2CN[C@H](C(=O)N3CCCN(C4CCC4)CC3)C2)cc1. The fourth-order valence-electron chi connectivity index (χ4n) is 4.28. The first-order chi connectivity index (χ1) is 13.2. The van der Waals surface area contributed by atoms with Crippen LogP contribution in [0.3, 0.4) is 0 Å². The summed E-state index contributed by atoms with van der Waals surface area (Å²) in [5.74, 6) is 0.969. The highest BCUT2D eigenvalue weighted by atomic mass is 16.5. The Kier molecular flexibility index (Phi) is 5.61. The van der Waals surface area contributed by atoms with Gasteiger partial charge in [0, 0.05) is 45.2 Å². The number of nitriles is 1. The molecule has 1 saturated carbocycles. The number of rotatable bonds is 4. The number of nitrogens with zero attached hydrogens (tertiary/aromatic N) is 3. The molecule has 2 heterocycles. The maximum absolute atomic E-state index is 12.9. The second-order valence-electron chi connectivity index (χ2n) is 7.87. The molecule has 1 aromatic carbocycles. The predicted octanol–water partition coefficient (Wildman–Crippen LogP) is 1.75. The Morgan fingerprint density at radius 1 is 1.11 bits per heavy atom. The van der Waals surface area contributed by atoms with Crippen molar-refractivity contribution >= 4 is 5.91 Å². The Morgan fingerprint density at radius 3 is 2.63 bits per heavy atom. The number of hydrogen-bond acceptors (Lipinski definition) is 5. The maximum Gasteiger partial charge on any atom is 0.239 e. The summed E-state index contributed by atoms with van der Waals surface area (Å²) in [5.41, 5.74) is 0.622. The van der Waals surface area contributed by atoms with E-state index in [4.69, 9.17) is 10.00 Å². The summed E-state index contributed by atoms with van der Waals surface area (Å²) in [7, 11) is 0. The lowest BCUT2D eigenvalue weighted by atomic mass is 9.91. The molecule has 0 unspecified atom stereocenters. The van der Waals surface area contributed by atoms with Crippen molar-refractivity contribution in [3.8, 4) is 11.8 Å². The molecule has 6 heteroatoms. The third kappa shape index (κ3) is 4.26. The summed E-state index contributed by atoms with van der Waals surface area (Å²) in [5, 5.41) is 12.2. The van der Waals surface area contributed by atoms with Gasteiger partial charge in [0.1, 0.15) is 11.9 Å². The molecule has 1 amide bonds. The summed E-state index contributed by atoms with van der Waals surface area (Å²) in [6, 6.07) is 9.86. The Morgan fingerprint density at radius 2 is 1.93 bits per heavy atom. The Hall–Kier alpha value is -2.10. The van der Waals surface area contributed by atoms with Gasteiger partial charge in [0.05, 0.1) is 17.7 Å². The van der Waals surface area contributed by atoms with Crippen LogP contribution in [0.15, 0.2) is 24.3 Å². The standard InChI is InChI=1S/C21H28N4O2/c22-14-16-5-7-18(8-6-16)27-19-13-20(23-15-19)21(26)25-10-2-9-24(11-12-25)17-3-1-4-17/h5-8,17,19-20,23H,1-4,9-13,15H2/t19-,20+/m1/s1. The van der Waals surface area contributed by atoms with Gasteiger partial charge in [-0.1, -0.05) is 6.42 Å².